The summed E-state index contributed by atoms with van der Waals surface area (Å²) >= 11 is 5.74. The Morgan fingerprint density at radius 2 is 2.00 bits per heavy atom. The first-order chi connectivity index (χ1) is 10.1. The maximum atomic E-state index is 13.1. The molecule has 0 aliphatic carbocycles. The van der Waals surface area contributed by atoms with Crippen LogP contribution in [0.25, 0.3) is 0 Å². The molecule has 0 spiro atoms. The topological polar surface area (TPSA) is 38.3 Å². The maximum Gasteiger partial charge on any atom is 0.327 e. The van der Waals surface area contributed by atoms with Gasteiger partial charge in [-0.15, -0.1) is 0 Å². The normalized spacial score (nSPS) is 12.0. The average Bonchev–Trinajstić information content (AvgIpc) is 2.51. The molecule has 2 aromatic rings. The van der Waals surface area contributed by atoms with Gasteiger partial charge in [0.25, 0.3) is 0 Å². The fourth-order valence-corrected chi connectivity index (χ4v) is 2.17. The smallest absolute Gasteiger partial charge is 0.327 e. The summed E-state index contributed by atoms with van der Waals surface area (Å²) in [5.74, 6) is -0.845. The molecule has 0 amide bonds. The summed E-state index contributed by atoms with van der Waals surface area (Å²) in [5, 5.41) is 3.15. The van der Waals surface area contributed by atoms with E-state index in [9.17, 15) is 9.18 Å². The molecule has 1 atom stereocenters. The molecule has 110 valence electrons. The lowest BCUT2D eigenvalue weighted by molar-refractivity contribution is -0.143. The van der Waals surface area contributed by atoms with Crippen LogP contribution < -0.4 is 5.32 Å². The van der Waals surface area contributed by atoms with Crippen molar-refractivity contribution in [2.75, 3.05) is 7.11 Å². The number of carbonyl (C=O) groups is 1. The fraction of sp³-hybridized carbons (Fsp3) is 0.188. The maximum absolute atomic E-state index is 13.1. The minimum atomic E-state index is -0.583. The van der Waals surface area contributed by atoms with Crippen molar-refractivity contribution in [3.8, 4) is 0 Å². The van der Waals surface area contributed by atoms with Gasteiger partial charge in [0.15, 0.2) is 0 Å². The largest absolute Gasteiger partial charge is 0.468 e. The Bertz CT molecular complexity index is 619. The summed E-state index contributed by atoms with van der Waals surface area (Å²) < 4.78 is 17.9. The first kappa shape index (κ1) is 15.5. The van der Waals surface area contributed by atoms with Crippen molar-refractivity contribution in [1.29, 1.82) is 0 Å². The summed E-state index contributed by atoms with van der Waals surface area (Å²) in [4.78, 5) is 11.9. The number of nitrogens with one attached hydrogen (secondary N) is 1. The molecule has 2 rings (SSSR count). The van der Waals surface area contributed by atoms with Crippen LogP contribution in [0, 0.1) is 5.82 Å². The second kappa shape index (κ2) is 7.20. The van der Waals surface area contributed by atoms with E-state index in [0.29, 0.717) is 6.54 Å². The summed E-state index contributed by atoms with van der Waals surface area (Å²) in [5.41, 5.74) is 1.59. The van der Waals surface area contributed by atoms with E-state index in [4.69, 9.17) is 16.3 Å². The van der Waals surface area contributed by atoms with Gasteiger partial charge in [-0.2, -0.15) is 0 Å². The number of carbonyl (C=O) groups excluding carboxylic acids is 1. The summed E-state index contributed by atoms with van der Waals surface area (Å²) in [6, 6.07) is 13.1. The van der Waals surface area contributed by atoms with E-state index >= 15 is 0 Å². The van der Waals surface area contributed by atoms with Crippen molar-refractivity contribution in [2.24, 2.45) is 0 Å². The Kier molecular flexibility index (Phi) is 5.31. The zero-order chi connectivity index (χ0) is 15.2. The number of esters is 1. The van der Waals surface area contributed by atoms with Gasteiger partial charge in [0.05, 0.1) is 12.1 Å². The van der Waals surface area contributed by atoms with Gasteiger partial charge in [-0.25, -0.2) is 9.18 Å². The monoisotopic (exact) mass is 307 g/mol. The highest BCUT2D eigenvalue weighted by Crippen LogP contribution is 2.18. The Labute approximate surface area is 127 Å². The first-order valence-corrected chi connectivity index (χ1v) is 6.79. The molecule has 1 N–H and O–H groups in total. The van der Waals surface area contributed by atoms with E-state index in [0.717, 1.165) is 11.1 Å². The quantitative estimate of drug-likeness (QED) is 0.859. The average molecular weight is 308 g/mol. The predicted octanol–water partition coefficient (Wildman–Crippen LogP) is 3.48. The van der Waals surface area contributed by atoms with Crippen LogP contribution in [0.3, 0.4) is 0 Å². The molecule has 0 fully saturated rings. The molecular formula is C16H15ClFNO2. The van der Waals surface area contributed by atoms with Crippen LogP contribution in [0.4, 0.5) is 4.39 Å². The van der Waals surface area contributed by atoms with Crippen molar-refractivity contribution in [3.63, 3.8) is 0 Å². The van der Waals surface area contributed by atoms with Crippen molar-refractivity contribution in [3.05, 3.63) is 70.5 Å². The lowest BCUT2D eigenvalue weighted by Gasteiger charge is -2.17. The highest BCUT2D eigenvalue weighted by atomic mass is 35.5. The van der Waals surface area contributed by atoms with E-state index < -0.39 is 11.9 Å². The SMILES string of the molecule is COC(=O)C(NCc1ccc(F)c(Cl)c1)c1ccccc1. The van der Waals surface area contributed by atoms with Crippen molar-refractivity contribution < 1.29 is 13.9 Å². The Hall–Kier alpha value is -1.91. The minimum absolute atomic E-state index is 0.0589. The molecule has 5 heteroatoms. The molecule has 0 radical (unpaired) electrons. The van der Waals surface area contributed by atoms with Gasteiger partial charge < -0.3 is 4.74 Å². The molecule has 21 heavy (non-hydrogen) atoms. The highest BCUT2D eigenvalue weighted by Gasteiger charge is 2.20. The van der Waals surface area contributed by atoms with Crippen molar-refractivity contribution in [1.82, 2.24) is 5.32 Å². The second-order valence-corrected chi connectivity index (χ2v) is 4.90. The van der Waals surface area contributed by atoms with Gasteiger partial charge >= 0.3 is 5.97 Å². The number of rotatable bonds is 5. The third kappa shape index (κ3) is 4.03. The zero-order valence-electron chi connectivity index (χ0n) is 11.5. The first-order valence-electron chi connectivity index (χ1n) is 6.42. The van der Waals surface area contributed by atoms with Gasteiger partial charge in [0.1, 0.15) is 11.9 Å². The van der Waals surface area contributed by atoms with Crippen LogP contribution in [-0.2, 0) is 16.1 Å². The standard InChI is InChI=1S/C16H15ClFNO2/c1-21-16(20)15(12-5-3-2-4-6-12)19-10-11-7-8-14(18)13(17)9-11/h2-9,15,19H,10H2,1H3. The molecule has 0 saturated carbocycles. The van der Waals surface area contributed by atoms with Crippen molar-refractivity contribution >= 4 is 17.6 Å². The van der Waals surface area contributed by atoms with Crippen LogP contribution in [0.15, 0.2) is 48.5 Å². The van der Waals surface area contributed by atoms with Crippen LogP contribution in [0.5, 0.6) is 0 Å². The van der Waals surface area contributed by atoms with Crippen molar-refractivity contribution in [2.45, 2.75) is 12.6 Å². The molecule has 0 aromatic heterocycles. The van der Waals surface area contributed by atoms with E-state index in [-0.39, 0.29) is 11.0 Å². The Morgan fingerprint density at radius 1 is 1.29 bits per heavy atom. The van der Waals surface area contributed by atoms with Crippen LogP contribution in [0.2, 0.25) is 5.02 Å². The van der Waals surface area contributed by atoms with E-state index in [2.05, 4.69) is 5.32 Å². The van der Waals surface area contributed by atoms with Gasteiger partial charge in [-0.1, -0.05) is 48.0 Å². The fourth-order valence-electron chi connectivity index (χ4n) is 1.97. The van der Waals surface area contributed by atoms with E-state index in [1.54, 1.807) is 6.07 Å². The van der Waals surface area contributed by atoms with E-state index in [1.165, 1.54) is 19.2 Å². The molecule has 3 nitrogen and oxygen atoms in total. The van der Waals surface area contributed by atoms with Crippen LogP contribution in [0.1, 0.15) is 17.2 Å². The summed E-state index contributed by atoms with van der Waals surface area (Å²) in [7, 11) is 1.34. The van der Waals surface area contributed by atoms with Gasteiger partial charge in [0, 0.05) is 6.54 Å². The predicted molar refractivity (Wildman–Crippen MR) is 79.4 cm³/mol. The third-order valence-electron chi connectivity index (χ3n) is 3.06. The molecule has 0 bridgehead atoms. The molecule has 0 heterocycles. The van der Waals surface area contributed by atoms with E-state index in [1.807, 2.05) is 30.3 Å². The molecule has 2 aromatic carbocycles. The lowest BCUT2D eigenvalue weighted by atomic mass is 10.1. The van der Waals surface area contributed by atoms with Gasteiger partial charge in [-0.05, 0) is 23.3 Å². The van der Waals surface area contributed by atoms with Crippen LogP contribution >= 0.6 is 11.6 Å². The Balaban J connectivity index is 2.12. The van der Waals surface area contributed by atoms with Gasteiger partial charge in [0.2, 0.25) is 0 Å². The van der Waals surface area contributed by atoms with Crippen LogP contribution in [-0.4, -0.2) is 13.1 Å². The van der Waals surface area contributed by atoms with Gasteiger partial charge in [-0.3, -0.25) is 5.32 Å². The summed E-state index contributed by atoms with van der Waals surface area (Å²) in [6.07, 6.45) is 0. The molecule has 0 aliphatic heterocycles. The number of benzene rings is 2. The molecule has 0 saturated heterocycles. The third-order valence-corrected chi connectivity index (χ3v) is 3.35. The molecule has 0 aliphatic rings. The lowest BCUT2D eigenvalue weighted by Crippen LogP contribution is -2.29. The minimum Gasteiger partial charge on any atom is -0.468 e. The summed E-state index contributed by atoms with van der Waals surface area (Å²) in [6.45, 7) is 0.370. The molecule has 1 unspecified atom stereocenters. The number of hydrogen-bond acceptors (Lipinski definition) is 3. The highest BCUT2D eigenvalue weighted by molar-refractivity contribution is 6.30. The molecular weight excluding hydrogens is 293 g/mol. The zero-order valence-corrected chi connectivity index (χ0v) is 12.2. The number of halogens is 2. The number of ether oxygens (including phenoxy) is 1. The Morgan fingerprint density at radius 3 is 2.62 bits per heavy atom. The number of hydrogen-bond donors (Lipinski definition) is 1. The number of methoxy groups -OCH3 is 1. The second-order valence-electron chi connectivity index (χ2n) is 4.50.